The first kappa shape index (κ1) is 23.0. The van der Waals surface area contributed by atoms with E-state index in [-0.39, 0.29) is 11.2 Å². The maximum atomic E-state index is 15.2. The summed E-state index contributed by atoms with van der Waals surface area (Å²) >= 11 is 1.90. The third-order valence-corrected chi connectivity index (χ3v) is 7.91. The highest BCUT2D eigenvalue weighted by Crippen LogP contribution is 2.37. The number of hydrogen-bond acceptors (Lipinski definition) is 3. The summed E-state index contributed by atoms with van der Waals surface area (Å²) in [5, 5.41) is 0.948. The highest BCUT2D eigenvalue weighted by Gasteiger charge is 2.21. The Kier molecular flexibility index (Phi) is 6.38. The fourth-order valence-electron chi connectivity index (χ4n) is 4.58. The van der Waals surface area contributed by atoms with Crippen LogP contribution in [0.2, 0.25) is 0 Å². The van der Waals surface area contributed by atoms with E-state index in [2.05, 4.69) is 28.8 Å². The van der Waals surface area contributed by atoms with Crippen LogP contribution in [0, 0.1) is 17.0 Å². The van der Waals surface area contributed by atoms with Crippen molar-refractivity contribution < 1.29 is 13.5 Å². The van der Waals surface area contributed by atoms with Gasteiger partial charge in [0.1, 0.15) is 17.4 Å². The molecule has 0 spiro atoms. The Bertz CT molecular complexity index is 1310. The summed E-state index contributed by atoms with van der Waals surface area (Å²) in [5.74, 6) is 2.11. The van der Waals surface area contributed by atoms with Crippen LogP contribution in [0.3, 0.4) is 0 Å². The topological polar surface area (TPSA) is 53.7 Å². The Balaban J connectivity index is 1.56. The Labute approximate surface area is 202 Å². The number of nitrogens with zero attached hydrogens (tertiary/aromatic N) is 1. The number of aromatic amines is 2. The van der Waals surface area contributed by atoms with Crippen LogP contribution >= 0.6 is 11.8 Å². The number of imidazole rings is 1. The first-order valence-corrected chi connectivity index (χ1v) is 12.9. The van der Waals surface area contributed by atoms with Gasteiger partial charge in [0, 0.05) is 34.9 Å². The third-order valence-electron chi connectivity index (χ3n) is 6.44. The Morgan fingerprint density at radius 1 is 1.03 bits per heavy atom. The summed E-state index contributed by atoms with van der Waals surface area (Å²) in [6, 6.07) is 7.87. The van der Waals surface area contributed by atoms with Gasteiger partial charge in [0.05, 0.1) is 11.3 Å². The van der Waals surface area contributed by atoms with E-state index in [9.17, 15) is 4.39 Å². The number of halogens is 2. The van der Waals surface area contributed by atoms with Gasteiger partial charge in [-0.15, -0.1) is 0 Å². The van der Waals surface area contributed by atoms with Gasteiger partial charge in [0.2, 0.25) is 0 Å². The summed E-state index contributed by atoms with van der Waals surface area (Å²) in [7, 11) is 0. The van der Waals surface area contributed by atoms with E-state index in [4.69, 9.17) is 4.74 Å². The van der Waals surface area contributed by atoms with Crippen molar-refractivity contribution in [1.29, 1.82) is 0 Å². The Hall–Kier alpha value is -2.80. The highest BCUT2D eigenvalue weighted by molar-refractivity contribution is 7.99. The summed E-state index contributed by atoms with van der Waals surface area (Å²) in [5.41, 5.74) is 3.02. The molecule has 2 aromatic heterocycles. The average Bonchev–Trinajstić information content (AvgIpc) is 3.46. The molecule has 7 heteroatoms. The number of hydrogen-bond donors (Lipinski definition) is 2. The summed E-state index contributed by atoms with van der Waals surface area (Å²) in [6.45, 7) is 4.61. The molecule has 178 valence electrons. The van der Waals surface area contributed by atoms with Crippen LogP contribution in [0.25, 0.3) is 22.3 Å². The van der Waals surface area contributed by atoms with E-state index in [0.29, 0.717) is 23.6 Å². The molecule has 2 N–H and O–H groups in total. The second-order valence-electron chi connectivity index (χ2n) is 9.76. The molecular weight excluding hydrogens is 452 g/mol. The van der Waals surface area contributed by atoms with Gasteiger partial charge in [-0.1, -0.05) is 20.3 Å². The molecule has 0 fully saturated rings. The zero-order chi connectivity index (χ0) is 23.7. The fourth-order valence-corrected chi connectivity index (χ4v) is 5.77. The molecule has 0 saturated carbocycles. The van der Waals surface area contributed by atoms with Crippen molar-refractivity contribution in [2.24, 2.45) is 5.41 Å². The van der Waals surface area contributed by atoms with E-state index in [1.165, 1.54) is 18.2 Å². The average molecular weight is 482 g/mol. The van der Waals surface area contributed by atoms with Gasteiger partial charge in [-0.2, -0.15) is 11.8 Å². The van der Waals surface area contributed by atoms with Gasteiger partial charge in [0.15, 0.2) is 11.6 Å². The molecule has 1 aliphatic heterocycles. The number of aromatic nitrogens is 3. The maximum Gasteiger partial charge on any atom is 0.168 e. The zero-order valence-electron chi connectivity index (χ0n) is 19.5. The summed E-state index contributed by atoms with van der Waals surface area (Å²) < 4.78 is 36.0. The number of thioether (sulfide) groups is 1. The first-order valence-electron chi connectivity index (χ1n) is 11.8. The smallest absolute Gasteiger partial charge is 0.168 e. The van der Waals surface area contributed by atoms with Gasteiger partial charge in [-0.05, 0) is 66.9 Å². The molecule has 1 aliphatic rings. The molecular formula is C27H29F2N3OS. The van der Waals surface area contributed by atoms with E-state index >= 15 is 4.39 Å². The number of rotatable bonds is 0. The van der Waals surface area contributed by atoms with E-state index < -0.39 is 11.6 Å². The van der Waals surface area contributed by atoms with Crippen molar-refractivity contribution in [3.63, 3.8) is 0 Å². The monoisotopic (exact) mass is 481 g/mol. The molecule has 0 atom stereocenters. The van der Waals surface area contributed by atoms with Crippen molar-refractivity contribution in [2.45, 2.75) is 46.0 Å². The molecule has 0 amide bonds. The molecule has 0 saturated heterocycles. The Morgan fingerprint density at radius 3 is 2.79 bits per heavy atom. The molecule has 0 aliphatic carbocycles. The van der Waals surface area contributed by atoms with Gasteiger partial charge in [0.25, 0.3) is 0 Å². The lowest BCUT2D eigenvalue weighted by molar-refractivity contribution is 0.368. The fraction of sp³-hybridized carbons (Fsp3) is 0.370. The normalized spacial score (nSPS) is 16.9. The molecule has 4 bridgehead atoms. The minimum Gasteiger partial charge on any atom is -0.454 e. The van der Waals surface area contributed by atoms with Crippen LogP contribution in [0.1, 0.15) is 44.4 Å². The van der Waals surface area contributed by atoms with E-state index in [0.717, 1.165) is 59.3 Å². The van der Waals surface area contributed by atoms with E-state index in [1.807, 2.05) is 30.2 Å². The first-order chi connectivity index (χ1) is 16.4. The van der Waals surface area contributed by atoms with E-state index in [1.54, 1.807) is 6.07 Å². The minimum atomic E-state index is -0.434. The number of benzene rings is 2. The largest absolute Gasteiger partial charge is 0.454 e. The standard InChI is InChI=1S/C27H29F2N3OS/c1-27(2)10-4-3-5-17-15-31-26(32-17)21-13-18(6-7-22(21)28)33-25-20(9-12-34-16-27)19-8-11-30-24(19)14-23(25)29/h6-8,11,13-15,30H,3-5,9-10,12,16H2,1-2H3,(H,31,32). The number of H-pyrrole nitrogens is 2. The molecule has 4 aromatic rings. The summed E-state index contributed by atoms with van der Waals surface area (Å²) in [6.07, 6.45) is 8.48. The minimum absolute atomic E-state index is 0.200. The lowest BCUT2D eigenvalue weighted by atomic mass is 9.89. The SMILES string of the molecule is CC1(C)CCCCc2c[nH]c(n2)-c2cc(ccc2F)Oc2c(F)cc3[nH]ccc3c2CCSC1. The van der Waals surface area contributed by atoms with Gasteiger partial charge in [-0.3, -0.25) is 0 Å². The van der Waals surface area contributed by atoms with Gasteiger partial charge >= 0.3 is 0 Å². The van der Waals surface area contributed by atoms with Crippen LogP contribution in [0.4, 0.5) is 8.78 Å². The summed E-state index contributed by atoms with van der Waals surface area (Å²) in [4.78, 5) is 10.8. The number of fused-ring (bicyclic) bond motifs is 8. The van der Waals surface area contributed by atoms with Crippen LogP contribution in [-0.2, 0) is 12.8 Å². The third kappa shape index (κ3) is 4.85. The second-order valence-corrected chi connectivity index (χ2v) is 10.9. The predicted octanol–water partition coefficient (Wildman–Crippen LogP) is 7.66. The number of aryl methyl sites for hydroxylation is 2. The van der Waals surface area contributed by atoms with Crippen molar-refractivity contribution >= 4 is 22.7 Å². The van der Waals surface area contributed by atoms with Gasteiger partial charge in [-0.25, -0.2) is 13.8 Å². The lowest BCUT2D eigenvalue weighted by Crippen LogP contribution is -2.15. The van der Waals surface area contributed by atoms with Crippen molar-refractivity contribution in [3.05, 3.63) is 65.6 Å². The van der Waals surface area contributed by atoms with Crippen molar-refractivity contribution in [2.75, 3.05) is 11.5 Å². The maximum absolute atomic E-state index is 15.2. The molecule has 4 nitrogen and oxygen atoms in total. The molecule has 0 radical (unpaired) electrons. The van der Waals surface area contributed by atoms with Gasteiger partial charge < -0.3 is 14.7 Å². The van der Waals surface area contributed by atoms with Crippen molar-refractivity contribution in [1.82, 2.24) is 15.0 Å². The van der Waals surface area contributed by atoms with Crippen LogP contribution in [-0.4, -0.2) is 26.5 Å². The second kappa shape index (κ2) is 9.45. The highest BCUT2D eigenvalue weighted by atomic mass is 32.2. The molecule has 5 rings (SSSR count). The van der Waals surface area contributed by atoms with Crippen LogP contribution in [0.5, 0.6) is 11.5 Å². The quantitative estimate of drug-likeness (QED) is 0.271. The van der Waals surface area contributed by atoms with Crippen LogP contribution in [0.15, 0.2) is 42.7 Å². The number of ether oxygens (including phenoxy) is 1. The number of nitrogens with one attached hydrogen (secondary N) is 2. The molecule has 34 heavy (non-hydrogen) atoms. The predicted molar refractivity (Wildman–Crippen MR) is 135 cm³/mol. The molecule has 3 heterocycles. The molecule has 2 aromatic carbocycles. The van der Waals surface area contributed by atoms with Crippen LogP contribution < -0.4 is 4.74 Å². The zero-order valence-corrected chi connectivity index (χ0v) is 20.3. The molecule has 0 unspecified atom stereocenters. The Morgan fingerprint density at radius 2 is 1.91 bits per heavy atom. The lowest BCUT2D eigenvalue weighted by Gasteiger charge is -2.24. The van der Waals surface area contributed by atoms with Crippen molar-refractivity contribution in [3.8, 4) is 22.9 Å².